The third-order valence-corrected chi connectivity index (χ3v) is 7.41. The minimum absolute atomic E-state index is 0.150. The second kappa shape index (κ2) is 7.65. The minimum Gasteiger partial charge on any atom is -0.274 e. The number of benzene rings is 1. The zero-order chi connectivity index (χ0) is 19.7. The zero-order valence-corrected chi connectivity index (χ0v) is 19.3. The predicted molar refractivity (Wildman–Crippen MR) is 115 cm³/mol. The van der Waals surface area contributed by atoms with Crippen LogP contribution in [0.25, 0.3) is 0 Å². The van der Waals surface area contributed by atoms with Crippen molar-refractivity contribution in [1.82, 2.24) is 4.90 Å². The molecule has 26 heavy (non-hydrogen) atoms. The van der Waals surface area contributed by atoms with Crippen LogP contribution < -0.4 is 0 Å². The van der Waals surface area contributed by atoms with Gasteiger partial charge in [0.05, 0.1) is 11.1 Å². The second-order valence-electron chi connectivity index (χ2n) is 10.0. The highest BCUT2D eigenvalue weighted by molar-refractivity contribution is 6.78. The highest BCUT2D eigenvalue weighted by Crippen LogP contribution is 2.28. The molecule has 1 aliphatic rings. The lowest BCUT2D eigenvalue weighted by atomic mass is 10.1. The van der Waals surface area contributed by atoms with E-state index in [1.165, 1.54) is 22.6 Å². The molecule has 0 bridgehead atoms. The van der Waals surface area contributed by atoms with Crippen LogP contribution >= 0.6 is 0 Å². The van der Waals surface area contributed by atoms with Gasteiger partial charge in [-0.15, -0.1) is 0 Å². The van der Waals surface area contributed by atoms with Crippen molar-refractivity contribution >= 4 is 28.0 Å². The molecule has 2 rings (SSSR count). The van der Waals surface area contributed by atoms with Crippen LogP contribution in [0.4, 0.5) is 0 Å². The first-order valence-corrected chi connectivity index (χ1v) is 16.9. The Morgan fingerprint density at radius 2 is 1.35 bits per heavy atom. The number of allylic oxidation sites excluding steroid dienone is 1. The molecule has 0 saturated heterocycles. The number of carbonyl (C=O) groups is 2. The van der Waals surface area contributed by atoms with Crippen LogP contribution in [0.3, 0.4) is 0 Å². The van der Waals surface area contributed by atoms with Gasteiger partial charge in [0.25, 0.3) is 11.8 Å². The van der Waals surface area contributed by atoms with Gasteiger partial charge in [-0.1, -0.05) is 70.0 Å². The fraction of sp³-hybridized carbons (Fsp3) is 0.524. The fourth-order valence-corrected chi connectivity index (χ4v) is 7.15. The Kier molecular flexibility index (Phi) is 6.13. The van der Waals surface area contributed by atoms with Crippen molar-refractivity contribution in [3.05, 3.63) is 47.0 Å². The lowest BCUT2D eigenvalue weighted by Crippen LogP contribution is -2.33. The summed E-state index contributed by atoms with van der Waals surface area (Å²) in [6, 6.07) is 9.52. The third-order valence-electron chi connectivity index (χ3n) is 4.38. The number of rotatable bonds is 7. The lowest BCUT2D eigenvalue weighted by Gasteiger charge is -2.25. The van der Waals surface area contributed by atoms with Gasteiger partial charge >= 0.3 is 0 Å². The Morgan fingerprint density at radius 3 is 1.73 bits per heavy atom. The maximum absolute atomic E-state index is 12.6. The fourth-order valence-electron chi connectivity index (χ4n) is 3.69. The van der Waals surface area contributed by atoms with Crippen molar-refractivity contribution < 1.29 is 9.59 Å². The first kappa shape index (κ1) is 20.8. The Balaban J connectivity index is 2.17. The number of amides is 2. The molecule has 0 radical (unpaired) electrons. The quantitative estimate of drug-likeness (QED) is 0.351. The summed E-state index contributed by atoms with van der Waals surface area (Å²) in [5.74, 6) is -0.120. The van der Waals surface area contributed by atoms with Crippen LogP contribution in [0.1, 0.15) is 27.6 Å². The molecule has 0 aliphatic carbocycles. The number of nitrogens with zero attached hydrogens (tertiary/aromatic N) is 1. The van der Waals surface area contributed by atoms with Gasteiger partial charge in [0.2, 0.25) is 0 Å². The third kappa shape index (κ3) is 5.51. The summed E-state index contributed by atoms with van der Waals surface area (Å²) in [5, 5.41) is 0. The second-order valence-corrected chi connectivity index (χ2v) is 21.0. The SMILES string of the molecule is CC(C=C(C[Si](C)(C)C)C[Si](C)(C)C)CN1C(=O)c2ccccc2C1=O. The van der Waals surface area contributed by atoms with E-state index in [1.54, 1.807) is 12.1 Å². The van der Waals surface area contributed by atoms with Gasteiger partial charge in [0.15, 0.2) is 0 Å². The molecule has 0 fully saturated rings. The Morgan fingerprint density at radius 1 is 0.923 bits per heavy atom. The topological polar surface area (TPSA) is 37.4 Å². The monoisotopic (exact) mass is 387 g/mol. The molecule has 1 heterocycles. The van der Waals surface area contributed by atoms with E-state index in [1.807, 2.05) is 12.1 Å². The molecule has 142 valence electrons. The first-order chi connectivity index (χ1) is 11.9. The van der Waals surface area contributed by atoms with Crippen molar-refractivity contribution in [3.63, 3.8) is 0 Å². The summed E-state index contributed by atoms with van der Waals surface area (Å²) >= 11 is 0. The van der Waals surface area contributed by atoms with Gasteiger partial charge in [-0.25, -0.2) is 0 Å². The van der Waals surface area contributed by atoms with Crippen LogP contribution in [0, 0.1) is 5.92 Å². The summed E-state index contributed by atoms with van der Waals surface area (Å²) in [6.07, 6.45) is 2.35. The smallest absolute Gasteiger partial charge is 0.261 e. The van der Waals surface area contributed by atoms with Crippen molar-refractivity contribution in [2.45, 2.75) is 58.3 Å². The summed E-state index contributed by atoms with van der Waals surface area (Å²) in [4.78, 5) is 26.6. The van der Waals surface area contributed by atoms with Gasteiger partial charge in [-0.3, -0.25) is 14.5 Å². The number of hydrogen-bond donors (Lipinski definition) is 0. The first-order valence-electron chi connectivity index (χ1n) is 9.52. The van der Waals surface area contributed by atoms with Crippen LogP contribution in [0.15, 0.2) is 35.9 Å². The normalized spacial score (nSPS) is 15.9. The highest BCUT2D eigenvalue weighted by atomic mass is 28.3. The van der Waals surface area contributed by atoms with E-state index in [9.17, 15) is 9.59 Å². The molecule has 5 heteroatoms. The molecular weight excluding hydrogens is 354 g/mol. The van der Waals surface area contributed by atoms with E-state index in [0.29, 0.717) is 17.7 Å². The van der Waals surface area contributed by atoms with Crippen molar-refractivity contribution in [3.8, 4) is 0 Å². The summed E-state index contributed by atoms with van der Waals surface area (Å²) in [5.41, 5.74) is 2.61. The lowest BCUT2D eigenvalue weighted by molar-refractivity contribution is 0.0641. The van der Waals surface area contributed by atoms with E-state index >= 15 is 0 Å². The molecule has 0 spiro atoms. The van der Waals surface area contributed by atoms with Crippen molar-refractivity contribution in [2.75, 3.05) is 6.54 Å². The maximum atomic E-state index is 12.6. The number of carbonyl (C=O) groups excluding carboxylic acids is 2. The molecule has 1 unspecified atom stereocenters. The molecule has 3 nitrogen and oxygen atoms in total. The number of hydrogen-bond acceptors (Lipinski definition) is 2. The molecule has 1 aromatic carbocycles. The summed E-state index contributed by atoms with van der Waals surface area (Å²) in [6.45, 7) is 17.0. The predicted octanol–water partition coefficient (Wildman–Crippen LogP) is 5.52. The zero-order valence-electron chi connectivity index (χ0n) is 17.3. The van der Waals surface area contributed by atoms with Crippen LogP contribution in [-0.2, 0) is 0 Å². The number of imide groups is 1. The molecule has 1 atom stereocenters. The van der Waals surface area contributed by atoms with Gasteiger partial charge < -0.3 is 0 Å². The Labute approximate surface area is 160 Å². The molecule has 0 aromatic heterocycles. The molecule has 0 saturated carbocycles. The van der Waals surface area contributed by atoms with Crippen LogP contribution in [0.2, 0.25) is 51.4 Å². The molecule has 0 N–H and O–H groups in total. The van der Waals surface area contributed by atoms with E-state index < -0.39 is 16.1 Å². The highest BCUT2D eigenvalue weighted by Gasteiger charge is 2.35. The Hall–Kier alpha value is -1.47. The molecular formula is C21H33NO2Si2. The summed E-state index contributed by atoms with van der Waals surface area (Å²) in [7, 11) is -2.41. The van der Waals surface area contributed by atoms with Crippen LogP contribution in [0.5, 0.6) is 0 Å². The van der Waals surface area contributed by atoms with E-state index in [0.717, 1.165) is 0 Å². The van der Waals surface area contributed by atoms with Gasteiger partial charge in [-0.05, 0) is 30.1 Å². The molecule has 2 amide bonds. The van der Waals surface area contributed by atoms with E-state index in [2.05, 4.69) is 52.3 Å². The van der Waals surface area contributed by atoms with Gasteiger partial charge in [0, 0.05) is 22.7 Å². The molecule has 1 aromatic rings. The largest absolute Gasteiger partial charge is 0.274 e. The van der Waals surface area contributed by atoms with Gasteiger partial charge in [0.1, 0.15) is 0 Å². The summed E-state index contributed by atoms with van der Waals surface area (Å²) < 4.78 is 0. The maximum Gasteiger partial charge on any atom is 0.261 e. The van der Waals surface area contributed by atoms with Gasteiger partial charge in [-0.2, -0.15) is 0 Å². The average Bonchev–Trinajstić information content (AvgIpc) is 2.69. The minimum atomic E-state index is -1.20. The average molecular weight is 388 g/mol. The van der Waals surface area contributed by atoms with E-state index in [4.69, 9.17) is 0 Å². The standard InChI is InChI=1S/C21H33NO2Si2/c1-16(12-17(14-25(2,3)4)15-26(5,6)7)13-22-20(23)18-10-8-9-11-19(18)21(22)24/h8-12,16H,13-15H2,1-7H3. The number of fused-ring (bicyclic) bond motifs is 1. The molecule has 1 aliphatic heterocycles. The van der Waals surface area contributed by atoms with E-state index in [-0.39, 0.29) is 17.7 Å². The van der Waals surface area contributed by atoms with Crippen molar-refractivity contribution in [1.29, 1.82) is 0 Å². The van der Waals surface area contributed by atoms with Crippen molar-refractivity contribution in [2.24, 2.45) is 5.92 Å². The van der Waals surface area contributed by atoms with Crippen LogP contribution in [-0.4, -0.2) is 39.4 Å². The Bertz CT molecular complexity index is 673.